The normalized spacial score (nSPS) is 10.7. The summed E-state index contributed by atoms with van der Waals surface area (Å²) in [5.74, 6) is 0.201. The Labute approximate surface area is 160 Å². The third-order valence-corrected chi connectivity index (χ3v) is 4.82. The van der Waals surface area contributed by atoms with E-state index in [1.807, 2.05) is 18.2 Å². The topological polar surface area (TPSA) is 31.2 Å². The van der Waals surface area contributed by atoms with Crippen LogP contribution >= 0.6 is 15.9 Å². The molecule has 0 aliphatic heterocycles. The molecule has 1 heterocycles. The van der Waals surface area contributed by atoms with Gasteiger partial charge in [-0.1, -0.05) is 42.5 Å². The van der Waals surface area contributed by atoms with Crippen molar-refractivity contribution >= 4 is 15.9 Å². The fraction of sp³-hybridized carbons (Fsp3) is 0.190. The van der Waals surface area contributed by atoms with Gasteiger partial charge >= 0.3 is 0 Å². The molecule has 3 aromatic rings. The van der Waals surface area contributed by atoms with Gasteiger partial charge in [0.05, 0.1) is 0 Å². The van der Waals surface area contributed by atoms with Crippen molar-refractivity contribution in [1.29, 1.82) is 0 Å². The summed E-state index contributed by atoms with van der Waals surface area (Å²) in [7, 11) is 0. The molecular weight excluding hydrogens is 397 g/mol. The van der Waals surface area contributed by atoms with Gasteiger partial charge in [0.2, 0.25) is 0 Å². The zero-order valence-electron chi connectivity index (χ0n) is 14.2. The molecule has 0 spiro atoms. The Morgan fingerprint density at radius 2 is 1.69 bits per heavy atom. The number of aryl methyl sites for hydroxylation is 2. The highest BCUT2D eigenvalue weighted by Crippen LogP contribution is 2.21. The Hall–Kier alpha value is -2.40. The van der Waals surface area contributed by atoms with Gasteiger partial charge in [0.15, 0.2) is 0 Å². The number of ether oxygens (including phenoxy) is 1. The van der Waals surface area contributed by atoms with E-state index in [-0.39, 0.29) is 18.0 Å². The second-order valence-corrected chi connectivity index (χ2v) is 6.79. The number of hydrogen-bond acceptors (Lipinski definition) is 2. The quantitative estimate of drug-likeness (QED) is 0.545. The highest BCUT2D eigenvalue weighted by Gasteiger charge is 2.09. The fourth-order valence-corrected chi connectivity index (χ4v) is 3.13. The van der Waals surface area contributed by atoms with Gasteiger partial charge in [-0.3, -0.25) is 4.79 Å². The minimum Gasteiger partial charge on any atom is -0.487 e. The lowest BCUT2D eigenvalue weighted by Crippen LogP contribution is -2.21. The van der Waals surface area contributed by atoms with Crippen LogP contribution in [0.5, 0.6) is 5.75 Å². The standard InChI is InChI=1S/C21H19BrFNO2/c22-20-19(26-15-17-8-10-18(23)11-9-17)12-14-24(21(20)25)13-4-7-16-5-2-1-3-6-16/h1-3,5-6,8-12,14H,4,7,13,15H2. The van der Waals surface area contributed by atoms with Crippen LogP contribution in [0.1, 0.15) is 17.5 Å². The molecule has 0 saturated carbocycles. The van der Waals surface area contributed by atoms with E-state index in [2.05, 4.69) is 28.1 Å². The molecular formula is C21H19BrFNO2. The summed E-state index contributed by atoms with van der Waals surface area (Å²) in [6.07, 6.45) is 3.55. The van der Waals surface area contributed by atoms with E-state index in [0.29, 0.717) is 16.8 Å². The third kappa shape index (κ3) is 4.82. The molecule has 0 radical (unpaired) electrons. The maximum Gasteiger partial charge on any atom is 0.268 e. The van der Waals surface area contributed by atoms with Gasteiger partial charge in [-0.2, -0.15) is 0 Å². The molecule has 2 aromatic carbocycles. The molecule has 0 aliphatic carbocycles. The number of hydrogen-bond donors (Lipinski definition) is 0. The van der Waals surface area contributed by atoms with Crippen LogP contribution < -0.4 is 10.3 Å². The van der Waals surface area contributed by atoms with Gasteiger partial charge in [0.1, 0.15) is 22.6 Å². The molecule has 1 aromatic heterocycles. The van der Waals surface area contributed by atoms with Crippen LogP contribution in [0.4, 0.5) is 4.39 Å². The molecule has 0 N–H and O–H groups in total. The Kier molecular flexibility index (Phi) is 6.23. The van der Waals surface area contributed by atoms with Gasteiger partial charge < -0.3 is 9.30 Å². The van der Waals surface area contributed by atoms with Crippen LogP contribution in [-0.2, 0) is 19.6 Å². The molecule has 0 aliphatic rings. The van der Waals surface area contributed by atoms with Crippen molar-refractivity contribution in [2.45, 2.75) is 26.0 Å². The van der Waals surface area contributed by atoms with Crippen LogP contribution in [0.15, 0.2) is 76.1 Å². The fourth-order valence-electron chi connectivity index (χ4n) is 2.66. The van der Waals surface area contributed by atoms with E-state index in [1.54, 1.807) is 29.0 Å². The van der Waals surface area contributed by atoms with E-state index in [0.717, 1.165) is 18.4 Å². The number of nitrogens with zero attached hydrogens (tertiary/aromatic N) is 1. The summed E-state index contributed by atoms with van der Waals surface area (Å²) in [5, 5.41) is 0. The van der Waals surface area contributed by atoms with Crippen LogP contribution in [0.25, 0.3) is 0 Å². The third-order valence-electron chi connectivity index (χ3n) is 4.09. The van der Waals surface area contributed by atoms with Gasteiger partial charge in [0.25, 0.3) is 5.56 Å². The van der Waals surface area contributed by atoms with Crippen molar-refractivity contribution in [3.8, 4) is 5.75 Å². The minimum atomic E-state index is -0.284. The molecule has 0 amide bonds. The van der Waals surface area contributed by atoms with E-state index in [4.69, 9.17) is 4.74 Å². The molecule has 0 unspecified atom stereocenters. The van der Waals surface area contributed by atoms with Crippen LogP contribution in [-0.4, -0.2) is 4.57 Å². The maximum atomic E-state index is 12.9. The summed E-state index contributed by atoms with van der Waals surface area (Å²) < 4.78 is 20.7. The first-order valence-electron chi connectivity index (χ1n) is 8.43. The SMILES string of the molecule is O=c1c(Br)c(OCc2ccc(F)cc2)ccn1CCCc1ccccc1. The van der Waals surface area contributed by atoms with E-state index < -0.39 is 0 Å². The van der Waals surface area contributed by atoms with Gasteiger partial charge in [-0.15, -0.1) is 0 Å². The molecule has 134 valence electrons. The Bertz CT molecular complexity index is 908. The van der Waals surface area contributed by atoms with Crippen molar-refractivity contribution < 1.29 is 9.13 Å². The number of pyridine rings is 1. The lowest BCUT2D eigenvalue weighted by molar-refractivity contribution is 0.302. The summed E-state index contributed by atoms with van der Waals surface area (Å²) >= 11 is 3.33. The average Bonchev–Trinajstić information content (AvgIpc) is 2.67. The Morgan fingerprint density at radius 1 is 0.962 bits per heavy atom. The molecule has 26 heavy (non-hydrogen) atoms. The summed E-state index contributed by atoms with van der Waals surface area (Å²) in [5.41, 5.74) is 1.99. The van der Waals surface area contributed by atoms with Crippen LogP contribution in [0.2, 0.25) is 0 Å². The van der Waals surface area contributed by atoms with E-state index in [9.17, 15) is 9.18 Å². The highest BCUT2D eigenvalue weighted by molar-refractivity contribution is 9.10. The smallest absolute Gasteiger partial charge is 0.268 e. The Balaban J connectivity index is 1.60. The van der Waals surface area contributed by atoms with Gasteiger partial charge in [-0.05, 0) is 58.1 Å². The molecule has 5 heteroatoms. The molecule has 0 atom stereocenters. The summed E-state index contributed by atoms with van der Waals surface area (Å²) in [6.45, 7) is 0.918. The molecule has 3 rings (SSSR count). The lowest BCUT2D eigenvalue weighted by atomic mass is 10.1. The molecule has 0 bridgehead atoms. The summed E-state index contributed by atoms with van der Waals surface area (Å²) in [4.78, 5) is 12.5. The number of rotatable bonds is 7. The summed E-state index contributed by atoms with van der Waals surface area (Å²) in [6, 6.07) is 18.1. The van der Waals surface area contributed by atoms with E-state index >= 15 is 0 Å². The first-order chi connectivity index (χ1) is 12.6. The molecule has 3 nitrogen and oxygen atoms in total. The van der Waals surface area contributed by atoms with Crippen molar-refractivity contribution in [3.05, 3.63) is 98.6 Å². The second-order valence-electron chi connectivity index (χ2n) is 6.00. The van der Waals surface area contributed by atoms with Crippen molar-refractivity contribution in [3.63, 3.8) is 0 Å². The number of benzene rings is 2. The highest BCUT2D eigenvalue weighted by atomic mass is 79.9. The van der Waals surface area contributed by atoms with Crippen LogP contribution in [0, 0.1) is 5.82 Å². The second kappa shape index (κ2) is 8.81. The number of halogens is 2. The zero-order valence-corrected chi connectivity index (χ0v) is 15.8. The Morgan fingerprint density at radius 3 is 2.42 bits per heavy atom. The average molecular weight is 416 g/mol. The lowest BCUT2D eigenvalue weighted by Gasteiger charge is -2.11. The van der Waals surface area contributed by atoms with Gasteiger partial charge in [0, 0.05) is 12.7 Å². The number of aromatic nitrogens is 1. The minimum absolute atomic E-state index is 0.116. The largest absolute Gasteiger partial charge is 0.487 e. The first kappa shape index (κ1) is 18.4. The molecule has 0 fully saturated rings. The van der Waals surface area contributed by atoms with Gasteiger partial charge in [-0.25, -0.2) is 4.39 Å². The predicted molar refractivity (Wildman–Crippen MR) is 104 cm³/mol. The van der Waals surface area contributed by atoms with Crippen molar-refractivity contribution in [1.82, 2.24) is 4.57 Å². The first-order valence-corrected chi connectivity index (χ1v) is 9.23. The predicted octanol–water partition coefficient (Wildman–Crippen LogP) is 4.96. The van der Waals surface area contributed by atoms with Crippen molar-refractivity contribution in [2.75, 3.05) is 0 Å². The van der Waals surface area contributed by atoms with Crippen molar-refractivity contribution in [2.24, 2.45) is 0 Å². The molecule has 0 saturated heterocycles. The van der Waals surface area contributed by atoms with Crippen LogP contribution in [0.3, 0.4) is 0 Å². The monoisotopic (exact) mass is 415 g/mol. The zero-order chi connectivity index (χ0) is 18.4. The maximum absolute atomic E-state index is 12.9. The van der Waals surface area contributed by atoms with E-state index in [1.165, 1.54) is 17.7 Å².